The monoisotopic (exact) mass is 383 g/mol. The molecule has 5 nitrogen and oxygen atoms in total. The SMILES string of the molecule is CC(C)C(=O)Nc1cccc(NC(=O)NC2(c3ccc(F)cc3)CCCC2)c1. The van der Waals surface area contributed by atoms with Crippen LogP contribution in [0.4, 0.5) is 20.6 Å². The Balaban J connectivity index is 1.70. The van der Waals surface area contributed by atoms with Crippen LogP contribution in [0.3, 0.4) is 0 Å². The summed E-state index contributed by atoms with van der Waals surface area (Å²) in [7, 11) is 0. The van der Waals surface area contributed by atoms with Crippen molar-refractivity contribution in [2.45, 2.75) is 45.1 Å². The van der Waals surface area contributed by atoms with Crippen LogP contribution >= 0.6 is 0 Å². The van der Waals surface area contributed by atoms with Crippen LogP contribution in [0.2, 0.25) is 0 Å². The van der Waals surface area contributed by atoms with Crippen LogP contribution in [0.25, 0.3) is 0 Å². The van der Waals surface area contributed by atoms with E-state index in [9.17, 15) is 14.0 Å². The van der Waals surface area contributed by atoms with Gasteiger partial charge in [-0.15, -0.1) is 0 Å². The molecule has 0 bridgehead atoms. The van der Waals surface area contributed by atoms with Crippen molar-refractivity contribution in [3.8, 4) is 0 Å². The van der Waals surface area contributed by atoms with Gasteiger partial charge >= 0.3 is 6.03 Å². The minimum absolute atomic E-state index is 0.0807. The highest BCUT2D eigenvalue weighted by atomic mass is 19.1. The number of hydrogen-bond acceptors (Lipinski definition) is 2. The lowest BCUT2D eigenvalue weighted by Gasteiger charge is -2.31. The molecule has 0 radical (unpaired) electrons. The fraction of sp³-hybridized carbons (Fsp3) is 0.364. The van der Waals surface area contributed by atoms with Gasteiger partial charge in [-0.3, -0.25) is 4.79 Å². The number of urea groups is 1. The van der Waals surface area contributed by atoms with Gasteiger partial charge in [-0.25, -0.2) is 9.18 Å². The molecule has 148 valence electrons. The van der Waals surface area contributed by atoms with Crippen molar-refractivity contribution in [2.24, 2.45) is 5.92 Å². The molecular weight excluding hydrogens is 357 g/mol. The first kappa shape index (κ1) is 19.9. The average Bonchev–Trinajstić information content (AvgIpc) is 3.11. The van der Waals surface area contributed by atoms with Crippen LogP contribution in [-0.2, 0) is 10.3 Å². The number of amides is 3. The molecule has 2 aromatic rings. The predicted molar refractivity (Wildman–Crippen MR) is 109 cm³/mol. The van der Waals surface area contributed by atoms with Gasteiger partial charge < -0.3 is 16.0 Å². The largest absolute Gasteiger partial charge is 0.328 e. The van der Waals surface area contributed by atoms with E-state index in [2.05, 4.69) is 16.0 Å². The third-order valence-electron chi connectivity index (χ3n) is 5.12. The summed E-state index contributed by atoms with van der Waals surface area (Å²) in [6.07, 6.45) is 3.65. The Hall–Kier alpha value is -2.89. The van der Waals surface area contributed by atoms with Crippen LogP contribution in [0.15, 0.2) is 48.5 Å². The van der Waals surface area contributed by atoms with Crippen molar-refractivity contribution in [3.63, 3.8) is 0 Å². The van der Waals surface area contributed by atoms with Crippen molar-refractivity contribution >= 4 is 23.3 Å². The number of halogens is 1. The first-order chi connectivity index (χ1) is 13.4. The van der Waals surface area contributed by atoms with Gasteiger partial charge in [0.25, 0.3) is 0 Å². The Labute approximate surface area is 164 Å². The number of benzene rings is 2. The summed E-state index contributed by atoms with van der Waals surface area (Å²) in [6.45, 7) is 3.64. The summed E-state index contributed by atoms with van der Waals surface area (Å²) in [6, 6.07) is 13.1. The maximum Gasteiger partial charge on any atom is 0.319 e. The van der Waals surface area contributed by atoms with Gasteiger partial charge in [0.15, 0.2) is 0 Å². The maximum atomic E-state index is 13.3. The lowest BCUT2D eigenvalue weighted by Crippen LogP contribution is -2.45. The van der Waals surface area contributed by atoms with Crippen molar-refractivity contribution in [1.29, 1.82) is 0 Å². The van der Waals surface area contributed by atoms with Gasteiger partial charge in [0.1, 0.15) is 5.82 Å². The van der Waals surface area contributed by atoms with E-state index >= 15 is 0 Å². The fourth-order valence-electron chi connectivity index (χ4n) is 3.57. The number of nitrogens with one attached hydrogen (secondary N) is 3. The zero-order valence-electron chi connectivity index (χ0n) is 16.2. The maximum absolute atomic E-state index is 13.3. The molecule has 1 fully saturated rings. The Bertz CT molecular complexity index is 843. The molecule has 0 spiro atoms. The second-order valence-corrected chi connectivity index (χ2v) is 7.60. The molecule has 0 heterocycles. The molecule has 0 aliphatic heterocycles. The lowest BCUT2D eigenvalue weighted by atomic mass is 9.88. The average molecular weight is 383 g/mol. The molecular formula is C22H26FN3O2. The van der Waals surface area contributed by atoms with E-state index in [0.29, 0.717) is 11.4 Å². The first-order valence-corrected chi connectivity index (χ1v) is 9.64. The third-order valence-corrected chi connectivity index (χ3v) is 5.12. The summed E-state index contributed by atoms with van der Waals surface area (Å²) in [5.74, 6) is -0.498. The molecule has 0 unspecified atom stereocenters. The third kappa shape index (κ3) is 4.68. The van der Waals surface area contributed by atoms with E-state index in [1.807, 2.05) is 13.8 Å². The molecule has 2 aromatic carbocycles. The minimum atomic E-state index is -0.485. The van der Waals surface area contributed by atoms with Gasteiger partial charge in [0.05, 0.1) is 5.54 Å². The quantitative estimate of drug-likeness (QED) is 0.679. The summed E-state index contributed by atoms with van der Waals surface area (Å²) >= 11 is 0. The molecule has 1 aliphatic rings. The van der Waals surface area contributed by atoms with Gasteiger partial charge in [0.2, 0.25) is 5.91 Å². The van der Waals surface area contributed by atoms with Gasteiger partial charge in [-0.1, -0.05) is 44.9 Å². The Morgan fingerprint density at radius 1 is 0.964 bits per heavy atom. The van der Waals surface area contributed by atoms with E-state index < -0.39 is 5.54 Å². The van der Waals surface area contributed by atoms with Crippen molar-refractivity contribution in [2.75, 3.05) is 10.6 Å². The van der Waals surface area contributed by atoms with E-state index in [0.717, 1.165) is 31.2 Å². The minimum Gasteiger partial charge on any atom is -0.328 e. The van der Waals surface area contributed by atoms with Crippen LogP contribution in [-0.4, -0.2) is 11.9 Å². The van der Waals surface area contributed by atoms with Gasteiger partial charge in [-0.05, 0) is 48.7 Å². The lowest BCUT2D eigenvalue weighted by molar-refractivity contribution is -0.118. The molecule has 6 heteroatoms. The predicted octanol–water partition coefficient (Wildman–Crippen LogP) is 5.01. The molecule has 28 heavy (non-hydrogen) atoms. The Morgan fingerprint density at radius 3 is 2.18 bits per heavy atom. The van der Waals surface area contributed by atoms with Gasteiger partial charge in [0, 0.05) is 17.3 Å². The van der Waals surface area contributed by atoms with Crippen LogP contribution < -0.4 is 16.0 Å². The first-order valence-electron chi connectivity index (χ1n) is 9.64. The molecule has 3 amide bonds. The second kappa shape index (κ2) is 8.42. The number of carbonyl (C=O) groups excluding carboxylic acids is 2. The standard InChI is InChI=1S/C22H26FN3O2/c1-15(2)20(27)24-18-6-5-7-19(14-18)25-21(28)26-22(12-3-4-13-22)16-8-10-17(23)11-9-16/h5-11,14-15H,3-4,12-13H2,1-2H3,(H,24,27)(H2,25,26,28). The topological polar surface area (TPSA) is 70.2 Å². The Morgan fingerprint density at radius 2 is 1.57 bits per heavy atom. The summed E-state index contributed by atoms with van der Waals surface area (Å²) in [4.78, 5) is 24.5. The van der Waals surface area contributed by atoms with E-state index in [1.165, 1.54) is 12.1 Å². The summed E-state index contributed by atoms with van der Waals surface area (Å²) < 4.78 is 13.3. The van der Waals surface area contributed by atoms with E-state index in [-0.39, 0.29) is 23.7 Å². The number of carbonyl (C=O) groups is 2. The molecule has 3 N–H and O–H groups in total. The molecule has 1 aliphatic carbocycles. The van der Waals surface area contributed by atoms with Crippen molar-refractivity contribution in [1.82, 2.24) is 5.32 Å². The highest BCUT2D eigenvalue weighted by Gasteiger charge is 2.37. The zero-order chi connectivity index (χ0) is 20.1. The molecule has 0 saturated heterocycles. The number of anilines is 2. The zero-order valence-corrected chi connectivity index (χ0v) is 16.2. The summed E-state index contributed by atoms with van der Waals surface area (Å²) in [5, 5.41) is 8.76. The molecule has 3 rings (SSSR count). The van der Waals surface area contributed by atoms with E-state index in [4.69, 9.17) is 0 Å². The molecule has 0 aromatic heterocycles. The highest BCUT2D eigenvalue weighted by molar-refractivity contribution is 5.94. The van der Waals surface area contributed by atoms with Gasteiger partial charge in [-0.2, -0.15) is 0 Å². The Kier molecular flexibility index (Phi) is 5.97. The van der Waals surface area contributed by atoms with E-state index in [1.54, 1.807) is 36.4 Å². The van der Waals surface area contributed by atoms with Crippen LogP contribution in [0.1, 0.15) is 45.1 Å². The molecule has 1 saturated carbocycles. The number of rotatable bonds is 5. The molecule has 0 atom stereocenters. The van der Waals surface area contributed by atoms with Crippen molar-refractivity contribution < 1.29 is 14.0 Å². The van der Waals surface area contributed by atoms with Crippen LogP contribution in [0.5, 0.6) is 0 Å². The highest BCUT2D eigenvalue weighted by Crippen LogP contribution is 2.38. The second-order valence-electron chi connectivity index (χ2n) is 7.60. The smallest absolute Gasteiger partial charge is 0.319 e. The normalized spacial score (nSPS) is 15.3. The fourth-order valence-corrected chi connectivity index (χ4v) is 3.57. The van der Waals surface area contributed by atoms with Crippen LogP contribution in [0, 0.1) is 11.7 Å². The number of hydrogen-bond donors (Lipinski definition) is 3. The summed E-state index contributed by atoms with van der Waals surface area (Å²) in [5.41, 5.74) is 1.65. The van der Waals surface area contributed by atoms with Crippen molar-refractivity contribution in [3.05, 3.63) is 59.9 Å².